The van der Waals surface area contributed by atoms with Gasteiger partial charge in [-0.2, -0.15) is 9.61 Å². The summed E-state index contributed by atoms with van der Waals surface area (Å²) in [6, 6.07) is 14.4. The van der Waals surface area contributed by atoms with Crippen LogP contribution in [0.25, 0.3) is 4.96 Å². The monoisotopic (exact) mass is 482 g/mol. The van der Waals surface area contributed by atoms with Crippen LogP contribution in [0.5, 0.6) is 0 Å². The summed E-state index contributed by atoms with van der Waals surface area (Å²) < 4.78 is 6.62. The number of nitrogens with zero attached hydrogens (tertiary/aromatic N) is 3. The van der Waals surface area contributed by atoms with Crippen molar-refractivity contribution in [3.63, 3.8) is 0 Å². The number of fused-ring (bicyclic) bond motifs is 1. The van der Waals surface area contributed by atoms with Crippen molar-refractivity contribution in [3.8, 4) is 0 Å². The van der Waals surface area contributed by atoms with Crippen LogP contribution in [0.2, 0.25) is 5.02 Å². The Morgan fingerprint density at radius 2 is 1.82 bits per heavy atom. The summed E-state index contributed by atoms with van der Waals surface area (Å²) in [6.07, 6.45) is 0. The molecule has 0 radical (unpaired) electrons. The fourth-order valence-electron chi connectivity index (χ4n) is 3.00. The van der Waals surface area contributed by atoms with E-state index in [1.807, 2.05) is 13.8 Å². The van der Waals surface area contributed by atoms with Crippen molar-refractivity contribution < 1.29 is 14.3 Å². The minimum Gasteiger partial charge on any atom is -0.456 e. The van der Waals surface area contributed by atoms with Gasteiger partial charge in [-0.05, 0) is 24.3 Å². The third-order valence-electron chi connectivity index (χ3n) is 4.67. The highest BCUT2D eigenvalue weighted by atomic mass is 35.5. The molecule has 0 aliphatic heterocycles. The van der Waals surface area contributed by atoms with Crippen molar-refractivity contribution in [1.29, 1.82) is 0 Å². The van der Waals surface area contributed by atoms with Crippen molar-refractivity contribution in [3.05, 3.63) is 91.8 Å². The first kappa shape index (κ1) is 22.6. The highest BCUT2D eigenvalue weighted by Gasteiger charge is 2.18. The van der Waals surface area contributed by atoms with Gasteiger partial charge in [-0.15, -0.1) is 0 Å². The molecule has 168 valence electrons. The van der Waals surface area contributed by atoms with Crippen LogP contribution >= 0.6 is 22.9 Å². The van der Waals surface area contributed by atoms with Gasteiger partial charge in [0.15, 0.2) is 0 Å². The number of amides is 1. The molecule has 0 aliphatic rings. The molecular formula is C23H19ClN4O4S. The van der Waals surface area contributed by atoms with E-state index in [1.54, 1.807) is 42.5 Å². The summed E-state index contributed by atoms with van der Waals surface area (Å²) in [5.41, 5.74) is 0.688. The lowest BCUT2D eigenvalue weighted by Crippen LogP contribution is -2.18. The summed E-state index contributed by atoms with van der Waals surface area (Å²) in [5.74, 6) is -0.957. The molecule has 1 amide bonds. The van der Waals surface area contributed by atoms with Crippen molar-refractivity contribution in [2.75, 3.05) is 5.32 Å². The van der Waals surface area contributed by atoms with E-state index in [4.69, 9.17) is 16.3 Å². The summed E-state index contributed by atoms with van der Waals surface area (Å²) in [4.78, 5) is 42.5. The van der Waals surface area contributed by atoms with E-state index in [0.29, 0.717) is 15.7 Å². The zero-order valence-corrected chi connectivity index (χ0v) is 19.3. The first-order chi connectivity index (χ1) is 15.8. The summed E-state index contributed by atoms with van der Waals surface area (Å²) in [7, 11) is 0. The number of hydrogen-bond donors (Lipinski definition) is 1. The zero-order valence-electron chi connectivity index (χ0n) is 17.7. The topological polar surface area (TPSA) is 103 Å². The first-order valence-corrected chi connectivity index (χ1v) is 11.2. The molecule has 0 aliphatic carbocycles. The smallest absolute Gasteiger partial charge is 0.340 e. The number of aromatic nitrogens is 3. The van der Waals surface area contributed by atoms with E-state index < -0.39 is 11.9 Å². The third kappa shape index (κ3) is 4.94. The van der Waals surface area contributed by atoms with Crippen LogP contribution in [-0.2, 0) is 11.3 Å². The minimum absolute atomic E-state index is 0.162. The number of benzene rings is 2. The van der Waals surface area contributed by atoms with Crippen LogP contribution in [0.1, 0.15) is 51.2 Å². The number of nitrogens with one attached hydrogen (secondary N) is 1. The molecule has 2 aromatic carbocycles. The highest BCUT2D eigenvalue weighted by molar-refractivity contribution is 7.16. The van der Waals surface area contributed by atoms with Crippen molar-refractivity contribution in [2.24, 2.45) is 0 Å². The SMILES string of the molecule is CC(C)c1nn2c(=O)cc(COC(=O)c3ccccc3NC(=O)c3ccccc3Cl)nc2s1. The van der Waals surface area contributed by atoms with Gasteiger partial charge in [0, 0.05) is 12.0 Å². The molecule has 0 unspecified atom stereocenters. The fraction of sp³-hybridized carbons (Fsp3) is 0.174. The van der Waals surface area contributed by atoms with Crippen LogP contribution in [-0.4, -0.2) is 26.5 Å². The molecule has 0 saturated heterocycles. The molecule has 33 heavy (non-hydrogen) atoms. The van der Waals surface area contributed by atoms with Gasteiger partial charge in [0.1, 0.15) is 11.6 Å². The van der Waals surface area contributed by atoms with Gasteiger partial charge in [-0.1, -0.05) is 61.1 Å². The van der Waals surface area contributed by atoms with Gasteiger partial charge in [-0.25, -0.2) is 9.78 Å². The van der Waals surface area contributed by atoms with Gasteiger partial charge >= 0.3 is 5.97 Å². The second-order valence-electron chi connectivity index (χ2n) is 7.43. The average molecular weight is 483 g/mol. The number of rotatable bonds is 6. The van der Waals surface area contributed by atoms with Gasteiger partial charge in [-0.3, -0.25) is 9.59 Å². The van der Waals surface area contributed by atoms with E-state index in [1.165, 1.54) is 28.0 Å². The maximum Gasteiger partial charge on any atom is 0.340 e. The number of ether oxygens (including phenoxy) is 1. The molecule has 0 fully saturated rings. The van der Waals surface area contributed by atoms with Crippen LogP contribution < -0.4 is 10.9 Å². The maximum atomic E-state index is 12.7. The van der Waals surface area contributed by atoms with E-state index in [0.717, 1.165) is 5.01 Å². The number of para-hydroxylation sites is 1. The number of anilines is 1. The molecule has 0 bridgehead atoms. The van der Waals surface area contributed by atoms with Gasteiger partial charge in [0.2, 0.25) is 4.96 Å². The number of carbonyl (C=O) groups excluding carboxylic acids is 2. The van der Waals surface area contributed by atoms with Crippen molar-refractivity contribution in [2.45, 2.75) is 26.4 Å². The largest absolute Gasteiger partial charge is 0.456 e. The Morgan fingerprint density at radius 3 is 2.55 bits per heavy atom. The predicted molar refractivity (Wildman–Crippen MR) is 126 cm³/mol. The molecule has 8 nitrogen and oxygen atoms in total. The molecule has 2 heterocycles. The molecule has 4 aromatic rings. The van der Waals surface area contributed by atoms with Gasteiger partial charge in [0.25, 0.3) is 11.5 Å². The van der Waals surface area contributed by atoms with Crippen LogP contribution in [0, 0.1) is 0 Å². The molecule has 0 atom stereocenters. The maximum absolute atomic E-state index is 12.7. The number of carbonyl (C=O) groups is 2. The Hall–Kier alpha value is -3.56. The lowest BCUT2D eigenvalue weighted by Gasteiger charge is -2.11. The van der Waals surface area contributed by atoms with E-state index in [2.05, 4.69) is 15.4 Å². The quantitative estimate of drug-likeness (QED) is 0.405. The summed E-state index contributed by atoms with van der Waals surface area (Å²) in [6.45, 7) is 3.76. The second-order valence-corrected chi connectivity index (χ2v) is 8.83. The van der Waals surface area contributed by atoms with Crippen molar-refractivity contribution >= 4 is 45.5 Å². The van der Waals surface area contributed by atoms with Crippen LogP contribution in [0.4, 0.5) is 5.69 Å². The number of halogens is 1. The lowest BCUT2D eigenvalue weighted by molar-refractivity contribution is 0.0469. The predicted octanol–water partition coefficient (Wildman–Crippen LogP) is 4.54. The molecule has 2 aromatic heterocycles. The second kappa shape index (κ2) is 9.51. The number of esters is 1. The molecule has 0 saturated carbocycles. The van der Waals surface area contributed by atoms with Crippen LogP contribution in [0.15, 0.2) is 59.4 Å². The van der Waals surface area contributed by atoms with Gasteiger partial charge in [0.05, 0.1) is 27.5 Å². The Labute approximate surface area is 197 Å². The Bertz CT molecular complexity index is 1410. The normalized spacial score (nSPS) is 11.0. The zero-order chi connectivity index (χ0) is 23.5. The van der Waals surface area contributed by atoms with E-state index >= 15 is 0 Å². The minimum atomic E-state index is -0.667. The Morgan fingerprint density at radius 1 is 1.12 bits per heavy atom. The summed E-state index contributed by atoms with van der Waals surface area (Å²) in [5, 5.41) is 8.05. The van der Waals surface area contributed by atoms with Gasteiger partial charge < -0.3 is 10.1 Å². The van der Waals surface area contributed by atoms with Crippen LogP contribution in [0.3, 0.4) is 0 Å². The fourth-order valence-corrected chi connectivity index (χ4v) is 4.15. The Kier molecular flexibility index (Phi) is 6.52. The third-order valence-corrected chi connectivity index (χ3v) is 6.21. The van der Waals surface area contributed by atoms with Crippen molar-refractivity contribution in [1.82, 2.24) is 14.6 Å². The molecular weight excluding hydrogens is 464 g/mol. The number of hydrogen-bond acceptors (Lipinski definition) is 7. The Balaban J connectivity index is 1.51. The standard InChI is InChI=1S/C23H19ClN4O4S/c1-13(2)21-27-28-19(29)11-14(25-23(28)33-21)12-32-22(31)16-8-4-6-10-18(16)26-20(30)15-7-3-5-9-17(15)24/h3-11,13H,12H2,1-2H3,(H,26,30). The molecule has 4 rings (SSSR count). The summed E-state index contributed by atoms with van der Waals surface area (Å²) >= 11 is 7.40. The first-order valence-electron chi connectivity index (χ1n) is 10.0. The highest BCUT2D eigenvalue weighted by Crippen LogP contribution is 2.22. The molecule has 0 spiro atoms. The lowest BCUT2D eigenvalue weighted by atomic mass is 10.1. The average Bonchev–Trinajstić information content (AvgIpc) is 3.23. The molecule has 1 N–H and O–H groups in total. The molecule has 10 heteroatoms. The van der Waals surface area contributed by atoms with E-state index in [9.17, 15) is 14.4 Å². The van der Waals surface area contributed by atoms with E-state index in [-0.39, 0.29) is 34.9 Å².